The van der Waals surface area contributed by atoms with Gasteiger partial charge in [0.2, 0.25) is 0 Å². The molecule has 2 rings (SSSR count). The zero-order valence-corrected chi connectivity index (χ0v) is 9.98. The molecule has 1 heterocycles. The smallest absolute Gasteiger partial charge is 0.160 e. The lowest BCUT2D eigenvalue weighted by atomic mass is 10.1. The maximum absolute atomic E-state index is 9.91. The van der Waals surface area contributed by atoms with E-state index in [1.54, 1.807) is 18.4 Å². The number of thiocarbonyl (C=S) groups is 1. The van der Waals surface area contributed by atoms with Gasteiger partial charge in [0.15, 0.2) is 5.76 Å². The number of hydrogen-bond donors (Lipinski definition) is 2. The number of benzene rings is 1. The Morgan fingerprint density at radius 2 is 2.00 bits per heavy atom. The lowest BCUT2D eigenvalue weighted by molar-refractivity contribution is 0.181. The van der Waals surface area contributed by atoms with Crippen LogP contribution in [0.3, 0.4) is 0 Å². The number of nitrogens with one attached hydrogen (secondary N) is 1. The van der Waals surface area contributed by atoms with Gasteiger partial charge in [0, 0.05) is 6.54 Å². The molecule has 0 amide bonds. The summed E-state index contributed by atoms with van der Waals surface area (Å²) in [5.41, 5.74) is 0.863. The summed E-state index contributed by atoms with van der Waals surface area (Å²) in [7, 11) is 0. The van der Waals surface area contributed by atoms with Crippen LogP contribution in [0, 0.1) is 0 Å². The van der Waals surface area contributed by atoms with Crippen molar-refractivity contribution < 1.29 is 9.52 Å². The van der Waals surface area contributed by atoms with Crippen LogP contribution in [0.5, 0.6) is 0 Å². The molecular formula is C13H13NO2S. The van der Waals surface area contributed by atoms with Crippen LogP contribution in [0.15, 0.2) is 53.1 Å². The average molecular weight is 247 g/mol. The molecule has 88 valence electrons. The second-order valence-electron chi connectivity index (χ2n) is 3.61. The van der Waals surface area contributed by atoms with Crippen molar-refractivity contribution in [2.75, 3.05) is 6.54 Å². The van der Waals surface area contributed by atoms with E-state index in [0.29, 0.717) is 17.3 Å². The molecule has 17 heavy (non-hydrogen) atoms. The SMILES string of the molecule is OC(CNC(=S)c1ccco1)c1ccccc1. The highest BCUT2D eigenvalue weighted by atomic mass is 32.1. The van der Waals surface area contributed by atoms with Gasteiger partial charge >= 0.3 is 0 Å². The van der Waals surface area contributed by atoms with Crippen molar-refractivity contribution in [1.82, 2.24) is 5.32 Å². The summed E-state index contributed by atoms with van der Waals surface area (Å²) >= 11 is 5.13. The van der Waals surface area contributed by atoms with Crippen LogP contribution in [0.25, 0.3) is 0 Å². The number of furan rings is 1. The van der Waals surface area contributed by atoms with Gasteiger partial charge < -0.3 is 14.8 Å². The lowest BCUT2D eigenvalue weighted by Gasteiger charge is -2.12. The zero-order valence-electron chi connectivity index (χ0n) is 9.17. The lowest BCUT2D eigenvalue weighted by Crippen LogP contribution is -2.27. The minimum atomic E-state index is -0.580. The Labute approximate surface area is 105 Å². The highest BCUT2D eigenvalue weighted by molar-refractivity contribution is 7.80. The van der Waals surface area contributed by atoms with Crippen LogP contribution < -0.4 is 5.32 Å². The van der Waals surface area contributed by atoms with Gasteiger partial charge in [-0.15, -0.1) is 0 Å². The third-order valence-electron chi connectivity index (χ3n) is 2.39. The Morgan fingerprint density at radius 3 is 2.65 bits per heavy atom. The quantitative estimate of drug-likeness (QED) is 0.814. The molecule has 2 N–H and O–H groups in total. The summed E-state index contributed by atoms with van der Waals surface area (Å²) in [6.45, 7) is 0.365. The van der Waals surface area contributed by atoms with Crippen molar-refractivity contribution in [3.8, 4) is 0 Å². The molecule has 1 aromatic carbocycles. The van der Waals surface area contributed by atoms with Crippen LogP contribution in [-0.2, 0) is 0 Å². The van der Waals surface area contributed by atoms with E-state index >= 15 is 0 Å². The third kappa shape index (κ3) is 3.15. The number of rotatable bonds is 4. The highest BCUT2D eigenvalue weighted by Gasteiger charge is 2.09. The molecule has 3 nitrogen and oxygen atoms in total. The molecule has 0 spiro atoms. The first kappa shape index (κ1) is 11.8. The number of hydrogen-bond acceptors (Lipinski definition) is 3. The molecule has 1 atom stereocenters. The maximum Gasteiger partial charge on any atom is 0.160 e. The summed E-state index contributed by atoms with van der Waals surface area (Å²) in [4.78, 5) is 0.505. The second kappa shape index (κ2) is 5.61. The van der Waals surface area contributed by atoms with E-state index in [2.05, 4.69) is 5.32 Å². The Hall–Kier alpha value is -1.65. The highest BCUT2D eigenvalue weighted by Crippen LogP contribution is 2.11. The van der Waals surface area contributed by atoms with Crippen molar-refractivity contribution in [1.29, 1.82) is 0 Å². The van der Waals surface area contributed by atoms with Crippen molar-refractivity contribution in [3.05, 3.63) is 60.1 Å². The predicted octanol–water partition coefficient (Wildman–Crippen LogP) is 2.28. The summed E-state index contributed by atoms with van der Waals surface area (Å²) in [6.07, 6.45) is 0.987. The summed E-state index contributed by atoms with van der Waals surface area (Å²) in [6, 6.07) is 13.0. The third-order valence-corrected chi connectivity index (χ3v) is 2.73. The van der Waals surface area contributed by atoms with Gasteiger partial charge in [0.25, 0.3) is 0 Å². The molecule has 1 aromatic heterocycles. The van der Waals surface area contributed by atoms with Crippen LogP contribution in [-0.4, -0.2) is 16.6 Å². The van der Waals surface area contributed by atoms with Crippen LogP contribution >= 0.6 is 12.2 Å². The summed E-state index contributed by atoms with van der Waals surface area (Å²) in [5, 5.41) is 12.9. The molecular weight excluding hydrogens is 234 g/mol. The first-order valence-corrected chi connectivity index (χ1v) is 5.73. The molecule has 0 radical (unpaired) electrons. The summed E-state index contributed by atoms with van der Waals surface area (Å²) < 4.78 is 5.15. The minimum absolute atomic E-state index is 0.365. The molecule has 0 aliphatic heterocycles. The maximum atomic E-state index is 9.91. The van der Waals surface area contributed by atoms with Crippen LogP contribution in [0.1, 0.15) is 17.4 Å². The molecule has 0 fully saturated rings. The van der Waals surface area contributed by atoms with E-state index in [4.69, 9.17) is 16.6 Å². The van der Waals surface area contributed by atoms with Crippen molar-refractivity contribution in [2.45, 2.75) is 6.10 Å². The van der Waals surface area contributed by atoms with Crippen molar-refractivity contribution in [2.24, 2.45) is 0 Å². The predicted molar refractivity (Wildman–Crippen MR) is 69.8 cm³/mol. The molecule has 1 unspecified atom stereocenters. The topological polar surface area (TPSA) is 45.4 Å². The monoisotopic (exact) mass is 247 g/mol. The van der Waals surface area contributed by atoms with Gasteiger partial charge in [-0.2, -0.15) is 0 Å². The van der Waals surface area contributed by atoms with Gasteiger partial charge in [0.05, 0.1) is 12.4 Å². The normalized spacial score (nSPS) is 12.1. The van der Waals surface area contributed by atoms with Gasteiger partial charge in [0.1, 0.15) is 4.99 Å². The van der Waals surface area contributed by atoms with E-state index in [1.807, 2.05) is 30.3 Å². The Bertz CT molecular complexity index is 467. The fraction of sp³-hybridized carbons (Fsp3) is 0.154. The molecule has 2 aromatic rings. The van der Waals surface area contributed by atoms with E-state index in [1.165, 1.54) is 0 Å². The molecule has 0 bridgehead atoms. The molecule has 0 aliphatic rings. The first-order chi connectivity index (χ1) is 8.27. The van der Waals surface area contributed by atoms with E-state index < -0.39 is 6.10 Å². The average Bonchev–Trinajstić information content (AvgIpc) is 2.90. The number of aliphatic hydroxyl groups is 1. The van der Waals surface area contributed by atoms with Gasteiger partial charge in [-0.3, -0.25) is 0 Å². The fourth-order valence-electron chi connectivity index (χ4n) is 1.48. The Morgan fingerprint density at radius 1 is 1.24 bits per heavy atom. The molecule has 0 saturated carbocycles. The van der Waals surface area contributed by atoms with Gasteiger partial charge in [-0.1, -0.05) is 42.5 Å². The van der Waals surface area contributed by atoms with Gasteiger partial charge in [-0.05, 0) is 17.7 Å². The second-order valence-corrected chi connectivity index (χ2v) is 4.02. The standard InChI is InChI=1S/C13H13NO2S/c15-11(10-5-2-1-3-6-10)9-14-13(17)12-7-4-8-16-12/h1-8,11,15H,9H2,(H,14,17). The van der Waals surface area contributed by atoms with Crippen molar-refractivity contribution >= 4 is 17.2 Å². The minimum Gasteiger partial charge on any atom is -0.462 e. The number of aliphatic hydroxyl groups excluding tert-OH is 1. The van der Waals surface area contributed by atoms with Crippen LogP contribution in [0.4, 0.5) is 0 Å². The van der Waals surface area contributed by atoms with Gasteiger partial charge in [-0.25, -0.2) is 0 Å². The molecule has 0 aliphatic carbocycles. The van der Waals surface area contributed by atoms with Crippen LogP contribution in [0.2, 0.25) is 0 Å². The van der Waals surface area contributed by atoms with Crippen molar-refractivity contribution in [3.63, 3.8) is 0 Å². The Balaban J connectivity index is 1.89. The van der Waals surface area contributed by atoms with E-state index in [9.17, 15) is 5.11 Å². The first-order valence-electron chi connectivity index (χ1n) is 5.32. The molecule has 4 heteroatoms. The van der Waals surface area contributed by atoms with E-state index in [-0.39, 0.29) is 0 Å². The fourth-order valence-corrected chi connectivity index (χ4v) is 1.68. The largest absolute Gasteiger partial charge is 0.462 e. The van der Waals surface area contributed by atoms with E-state index in [0.717, 1.165) is 5.56 Å². The zero-order chi connectivity index (χ0) is 12.1. The molecule has 0 saturated heterocycles. The summed E-state index contributed by atoms with van der Waals surface area (Å²) in [5.74, 6) is 0.611. The Kier molecular flexibility index (Phi) is 3.90.